The summed E-state index contributed by atoms with van der Waals surface area (Å²) >= 11 is 0. The second-order valence-electron chi connectivity index (χ2n) is 3.83. The van der Waals surface area contributed by atoms with Gasteiger partial charge in [0, 0.05) is 7.05 Å². The van der Waals surface area contributed by atoms with Gasteiger partial charge in [-0.05, 0) is 18.2 Å². The van der Waals surface area contributed by atoms with E-state index >= 15 is 0 Å². The van der Waals surface area contributed by atoms with E-state index in [1.165, 1.54) is 7.05 Å². The number of fused-ring (bicyclic) bond motifs is 1. The molecule has 1 N–H and O–H groups in total. The number of aromatic nitrogens is 2. The number of aryl methyl sites for hydroxylation is 1. The van der Waals surface area contributed by atoms with Gasteiger partial charge in [0.05, 0.1) is 16.6 Å². The lowest BCUT2D eigenvalue weighted by atomic mass is 10.2. The topological polar surface area (TPSA) is 72.2 Å². The van der Waals surface area contributed by atoms with Crippen molar-refractivity contribution in [2.45, 2.75) is 6.18 Å². The van der Waals surface area contributed by atoms with Crippen molar-refractivity contribution in [3.63, 3.8) is 0 Å². The number of nitrogens with zero attached hydrogens (tertiary/aromatic N) is 2. The minimum atomic E-state index is -4.55. The third-order valence-electron chi connectivity index (χ3n) is 2.61. The minimum absolute atomic E-state index is 0.00694. The Hall–Kier alpha value is -2.38. The highest BCUT2D eigenvalue weighted by Gasteiger charge is 2.31. The maximum Gasteiger partial charge on any atom is 0.416 e. The van der Waals surface area contributed by atoms with E-state index in [4.69, 9.17) is 5.11 Å². The molecule has 0 saturated carbocycles. The van der Waals surface area contributed by atoms with Gasteiger partial charge in [-0.1, -0.05) is 0 Å². The van der Waals surface area contributed by atoms with Crippen LogP contribution in [0.5, 0.6) is 0 Å². The van der Waals surface area contributed by atoms with E-state index in [-0.39, 0.29) is 11.0 Å². The zero-order valence-corrected chi connectivity index (χ0v) is 9.52. The Morgan fingerprint density at radius 1 is 1.37 bits per heavy atom. The molecular formula is C11H7F3N2O3. The molecule has 0 radical (unpaired) electrons. The van der Waals surface area contributed by atoms with Gasteiger partial charge in [0.1, 0.15) is 0 Å². The molecule has 0 aliphatic carbocycles. The molecule has 0 fully saturated rings. The normalized spacial score (nSPS) is 11.8. The second kappa shape index (κ2) is 4.08. The minimum Gasteiger partial charge on any atom is -0.476 e. The first-order valence-corrected chi connectivity index (χ1v) is 5.03. The van der Waals surface area contributed by atoms with Gasteiger partial charge >= 0.3 is 12.1 Å². The number of halogens is 3. The van der Waals surface area contributed by atoms with E-state index in [2.05, 4.69) is 4.98 Å². The van der Waals surface area contributed by atoms with Crippen LogP contribution in [0.2, 0.25) is 0 Å². The SMILES string of the molecule is Cn1c(=O)c(C(=O)O)nc2ccc(C(F)(F)F)cc21. The smallest absolute Gasteiger partial charge is 0.416 e. The molecule has 0 amide bonds. The largest absolute Gasteiger partial charge is 0.476 e. The van der Waals surface area contributed by atoms with Crippen molar-refractivity contribution in [2.75, 3.05) is 0 Å². The standard InChI is InChI=1S/C11H7F3N2O3/c1-16-7-4-5(11(12,13)14)2-3-6(7)15-8(9(16)17)10(18)19/h2-4H,1H3,(H,18,19). The van der Waals surface area contributed by atoms with Crippen molar-refractivity contribution in [1.82, 2.24) is 9.55 Å². The average Bonchev–Trinajstić information content (AvgIpc) is 2.31. The zero-order chi connectivity index (χ0) is 14.4. The number of carboxylic acids is 1. The summed E-state index contributed by atoms with van der Waals surface area (Å²) in [6.07, 6.45) is -4.55. The summed E-state index contributed by atoms with van der Waals surface area (Å²) in [5.74, 6) is -1.53. The monoisotopic (exact) mass is 272 g/mol. The van der Waals surface area contributed by atoms with Gasteiger partial charge in [0.2, 0.25) is 5.69 Å². The number of rotatable bonds is 1. The zero-order valence-electron chi connectivity index (χ0n) is 9.52. The summed E-state index contributed by atoms with van der Waals surface area (Å²) in [4.78, 5) is 26.0. The second-order valence-corrected chi connectivity index (χ2v) is 3.83. The van der Waals surface area contributed by atoms with Crippen molar-refractivity contribution >= 4 is 17.0 Å². The Bertz CT molecular complexity index is 734. The molecule has 0 saturated heterocycles. The third-order valence-corrected chi connectivity index (χ3v) is 2.61. The van der Waals surface area contributed by atoms with Crippen LogP contribution in [0.15, 0.2) is 23.0 Å². The number of carboxylic acid groups (broad SMARTS) is 1. The molecule has 5 nitrogen and oxygen atoms in total. The first kappa shape index (κ1) is 13.1. The lowest BCUT2D eigenvalue weighted by Gasteiger charge is -2.10. The molecule has 0 unspecified atom stereocenters. The van der Waals surface area contributed by atoms with Crippen molar-refractivity contribution < 1.29 is 23.1 Å². The lowest BCUT2D eigenvalue weighted by Crippen LogP contribution is -2.26. The highest BCUT2D eigenvalue weighted by Crippen LogP contribution is 2.30. The fourth-order valence-electron chi connectivity index (χ4n) is 1.64. The molecule has 0 spiro atoms. The maximum atomic E-state index is 12.6. The molecule has 2 rings (SSSR count). The summed E-state index contributed by atoms with van der Waals surface area (Å²) < 4.78 is 38.5. The molecule has 1 heterocycles. The van der Waals surface area contributed by atoms with Crippen LogP contribution in [-0.4, -0.2) is 20.6 Å². The van der Waals surface area contributed by atoms with Gasteiger partial charge in [-0.15, -0.1) is 0 Å². The molecule has 19 heavy (non-hydrogen) atoms. The fourth-order valence-corrected chi connectivity index (χ4v) is 1.64. The average molecular weight is 272 g/mol. The Balaban J connectivity index is 2.83. The van der Waals surface area contributed by atoms with Crippen LogP contribution in [0.25, 0.3) is 11.0 Å². The van der Waals surface area contributed by atoms with Gasteiger partial charge in [-0.25, -0.2) is 9.78 Å². The molecule has 0 atom stereocenters. The van der Waals surface area contributed by atoms with Crippen molar-refractivity contribution in [3.8, 4) is 0 Å². The first-order chi connectivity index (χ1) is 8.71. The van der Waals surface area contributed by atoms with Gasteiger partial charge in [0.15, 0.2) is 0 Å². The van der Waals surface area contributed by atoms with Crippen molar-refractivity contribution in [2.24, 2.45) is 7.05 Å². The quantitative estimate of drug-likeness (QED) is 0.856. The van der Waals surface area contributed by atoms with E-state index in [0.29, 0.717) is 0 Å². The number of hydrogen-bond donors (Lipinski definition) is 1. The summed E-state index contributed by atoms with van der Waals surface area (Å²) in [5, 5.41) is 8.78. The lowest BCUT2D eigenvalue weighted by molar-refractivity contribution is -0.137. The maximum absolute atomic E-state index is 12.6. The first-order valence-electron chi connectivity index (χ1n) is 5.03. The fraction of sp³-hybridized carbons (Fsp3) is 0.182. The highest BCUT2D eigenvalue weighted by molar-refractivity contribution is 5.88. The molecule has 0 aliphatic heterocycles. The number of hydrogen-bond acceptors (Lipinski definition) is 3. The molecule has 1 aromatic carbocycles. The molecule has 8 heteroatoms. The third kappa shape index (κ3) is 2.16. The highest BCUT2D eigenvalue weighted by atomic mass is 19.4. The summed E-state index contributed by atoms with van der Waals surface area (Å²) in [6.45, 7) is 0. The number of alkyl halides is 3. The van der Waals surface area contributed by atoms with Crippen LogP contribution < -0.4 is 5.56 Å². The van der Waals surface area contributed by atoms with E-state index in [1.807, 2.05) is 0 Å². The van der Waals surface area contributed by atoms with E-state index < -0.39 is 29.0 Å². The molecule has 1 aromatic heterocycles. The molecule has 0 bridgehead atoms. The summed E-state index contributed by atoms with van der Waals surface area (Å²) in [7, 11) is 1.19. The van der Waals surface area contributed by atoms with E-state index in [9.17, 15) is 22.8 Å². The van der Waals surface area contributed by atoms with Crippen LogP contribution in [0.1, 0.15) is 16.1 Å². The van der Waals surface area contributed by atoms with Crippen LogP contribution in [0.4, 0.5) is 13.2 Å². The van der Waals surface area contributed by atoms with E-state index in [0.717, 1.165) is 22.8 Å². The van der Waals surface area contributed by atoms with Crippen molar-refractivity contribution in [1.29, 1.82) is 0 Å². The molecule has 0 aliphatic rings. The Morgan fingerprint density at radius 2 is 2.00 bits per heavy atom. The van der Waals surface area contributed by atoms with Gasteiger partial charge in [-0.2, -0.15) is 13.2 Å². The van der Waals surface area contributed by atoms with E-state index in [1.54, 1.807) is 0 Å². The Kier molecular flexibility index (Phi) is 2.80. The van der Waals surface area contributed by atoms with Crippen LogP contribution in [-0.2, 0) is 13.2 Å². The number of carbonyl (C=O) groups is 1. The van der Waals surface area contributed by atoms with Crippen LogP contribution in [0, 0.1) is 0 Å². The van der Waals surface area contributed by atoms with Crippen LogP contribution in [0.3, 0.4) is 0 Å². The Morgan fingerprint density at radius 3 is 2.53 bits per heavy atom. The van der Waals surface area contributed by atoms with Crippen molar-refractivity contribution in [3.05, 3.63) is 39.8 Å². The summed E-state index contributed by atoms with van der Waals surface area (Å²) in [5.41, 5.74) is -2.69. The van der Waals surface area contributed by atoms with Gasteiger partial charge in [-0.3, -0.25) is 4.79 Å². The van der Waals surface area contributed by atoms with Gasteiger partial charge < -0.3 is 9.67 Å². The molecule has 100 valence electrons. The predicted molar refractivity (Wildman–Crippen MR) is 58.9 cm³/mol. The van der Waals surface area contributed by atoms with Gasteiger partial charge in [0.25, 0.3) is 5.56 Å². The number of benzene rings is 1. The molecule has 2 aromatic rings. The Labute approximate surface area is 103 Å². The molecular weight excluding hydrogens is 265 g/mol. The van der Waals surface area contributed by atoms with Crippen LogP contribution >= 0.6 is 0 Å². The summed E-state index contributed by atoms with van der Waals surface area (Å²) in [6, 6.07) is 2.57. The predicted octanol–water partition coefficient (Wildman–Crippen LogP) is 1.65. The number of aromatic carboxylic acids is 1.